The van der Waals surface area contributed by atoms with Crippen LogP contribution in [0.4, 0.5) is 5.69 Å². The van der Waals surface area contributed by atoms with Gasteiger partial charge in [0.2, 0.25) is 5.88 Å². The first kappa shape index (κ1) is 20.1. The maximum atomic E-state index is 13.2. The summed E-state index contributed by atoms with van der Waals surface area (Å²) in [5.74, 6) is -0.639. The van der Waals surface area contributed by atoms with Crippen LogP contribution in [-0.2, 0) is 0 Å². The van der Waals surface area contributed by atoms with Gasteiger partial charge in [-0.05, 0) is 43.3 Å². The van der Waals surface area contributed by atoms with Crippen LogP contribution in [0.15, 0.2) is 87.5 Å². The number of azo groups is 1. The Morgan fingerprint density at radius 2 is 1.78 bits per heavy atom. The molecular formula is C25H17BrN4O2. The molecule has 6 nitrogen and oxygen atoms in total. The number of nitrogens with zero attached hydrogens (tertiary/aromatic N) is 3. The molecule has 0 atom stereocenters. The van der Waals surface area contributed by atoms with Gasteiger partial charge in [-0.2, -0.15) is 0 Å². The van der Waals surface area contributed by atoms with E-state index in [1.165, 1.54) is 0 Å². The lowest BCUT2D eigenvalue weighted by Crippen LogP contribution is -1.99. The van der Waals surface area contributed by atoms with E-state index in [0.717, 1.165) is 15.6 Å². The second-order valence-electron chi connectivity index (χ2n) is 7.46. The second kappa shape index (κ2) is 8.01. The molecule has 5 aromatic rings. The van der Waals surface area contributed by atoms with Crippen LogP contribution in [0.2, 0.25) is 0 Å². The molecule has 0 fully saturated rings. The molecule has 0 bridgehead atoms. The molecule has 0 saturated heterocycles. The van der Waals surface area contributed by atoms with Gasteiger partial charge in [-0.15, -0.1) is 10.2 Å². The third-order valence-electron chi connectivity index (χ3n) is 5.23. The summed E-state index contributed by atoms with van der Waals surface area (Å²) < 4.78 is 0.960. The second-order valence-corrected chi connectivity index (χ2v) is 8.37. The first-order valence-corrected chi connectivity index (χ1v) is 10.7. The van der Waals surface area contributed by atoms with E-state index in [1.54, 1.807) is 12.1 Å². The van der Waals surface area contributed by atoms with E-state index in [2.05, 4.69) is 31.1 Å². The summed E-state index contributed by atoms with van der Waals surface area (Å²) >= 11 is 3.44. The minimum absolute atomic E-state index is 0.131. The van der Waals surface area contributed by atoms with Crippen molar-refractivity contribution in [1.82, 2.24) is 9.97 Å². The van der Waals surface area contributed by atoms with Crippen molar-refractivity contribution < 1.29 is 9.90 Å². The van der Waals surface area contributed by atoms with Crippen LogP contribution < -0.4 is 0 Å². The number of H-pyrrole nitrogens is 1. The average Bonchev–Trinajstić information content (AvgIpc) is 3.12. The molecule has 0 unspecified atom stereocenters. The molecule has 32 heavy (non-hydrogen) atoms. The Bertz CT molecular complexity index is 1520. The zero-order chi connectivity index (χ0) is 22.2. The molecule has 0 aliphatic rings. The van der Waals surface area contributed by atoms with Crippen molar-refractivity contribution in [3.05, 3.63) is 88.4 Å². The van der Waals surface area contributed by atoms with Gasteiger partial charge in [0.15, 0.2) is 5.69 Å². The monoisotopic (exact) mass is 484 g/mol. The van der Waals surface area contributed by atoms with Gasteiger partial charge >= 0.3 is 0 Å². The third kappa shape index (κ3) is 3.67. The van der Waals surface area contributed by atoms with E-state index in [9.17, 15) is 9.90 Å². The van der Waals surface area contributed by atoms with Crippen molar-refractivity contribution in [2.24, 2.45) is 10.2 Å². The van der Waals surface area contributed by atoms with Crippen molar-refractivity contribution in [2.45, 2.75) is 6.92 Å². The Balaban J connectivity index is 1.62. The van der Waals surface area contributed by atoms with Crippen LogP contribution in [-0.4, -0.2) is 21.0 Å². The van der Waals surface area contributed by atoms with E-state index in [1.807, 2.05) is 67.6 Å². The zero-order valence-corrected chi connectivity index (χ0v) is 18.6. The number of aromatic hydroxyl groups is 1. The van der Waals surface area contributed by atoms with E-state index in [-0.39, 0.29) is 11.6 Å². The highest BCUT2D eigenvalue weighted by atomic mass is 79.9. The number of amides is 1. The third-order valence-corrected chi connectivity index (χ3v) is 5.76. The van der Waals surface area contributed by atoms with Crippen LogP contribution in [0.5, 0.6) is 5.88 Å². The topological polar surface area (TPSA) is 90.7 Å². The molecule has 2 heterocycles. The summed E-state index contributed by atoms with van der Waals surface area (Å²) in [6.07, 6.45) is 0. The lowest BCUT2D eigenvalue weighted by molar-refractivity contribution is 0.0996. The predicted molar refractivity (Wildman–Crippen MR) is 128 cm³/mol. The van der Waals surface area contributed by atoms with Gasteiger partial charge in [0.1, 0.15) is 0 Å². The number of carbonyl (C=O) groups is 1. The Morgan fingerprint density at radius 1 is 1.00 bits per heavy atom. The number of benzene rings is 3. The van der Waals surface area contributed by atoms with Gasteiger partial charge in [0, 0.05) is 20.8 Å². The molecule has 2 N–H and O–H groups in total. The molecule has 0 saturated carbocycles. The van der Waals surface area contributed by atoms with Gasteiger partial charge in [0.05, 0.1) is 22.3 Å². The number of nitrogens with one attached hydrogen (secondary N) is 1. The number of halogens is 1. The molecule has 3 aromatic carbocycles. The van der Waals surface area contributed by atoms with Gasteiger partial charge in [-0.3, -0.25) is 4.79 Å². The number of para-hydroxylation sites is 1. The minimum atomic E-state index is -0.508. The number of hydrogen-bond acceptors (Lipinski definition) is 4. The number of rotatable bonds is 3. The molecular weight excluding hydrogens is 468 g/mol. The number of carbonyl (C=O) groups excluding carboxylic acids is 1. The first-order valence-electron chi connectivity index (χ1n) is 9.93. The average molecular weight is 485 g/mol. The standard InChI is InChI=1S/C25H17BrN4O2/c1-14-6-11-21-18(12-14)19(13-22(27-21)15-7-9-16(26)10-8-15)24(31)30-29-23-17-4-2-3-5-20(17)28-25(23)32/h2-13,28,32H,1H3. The molecule has 156 valence electrons. The van der Waals surface area contributed by atoms with Gasteiger partial charge < -0.3 is 10.1 Å². The van der Waals surface area contributed by atoms with Crippen LogP contribution in [0, 0.1) is 6.92 Å². The molecule has 0 radical (unpaired) electrons. The SMILES string of the molecule is Cc1ccc2nc(-c3ccc(Br)cc3)cc(C(=O)N=Nc3c(O)[nH]c4ccccc34)c2c1. The highest BCUT2D eigenvalue weighted by Gasteiger charge is 2.16. The Hall–Kier alpha value is -3.84. The van der Waals surface area contributed by atoms with E-state index in [4.69, 9.17) is 4.98 Å². The molecule has 0 spiro atoms. The van der Waals surface area contributed by atoms with Crippen LogP contribution in [0.1, 0.15) is 15.9 Å². The largest absolute Gasteiger partial charge is 0.493 e. The first-order chi connectivity index (χ1) is 15.5. The summed E-state index contributed by atoms with van der Waals surface area (Å²) in [4.78, 5) is 20.7. The van der Waals surface area contributed by atoms with Crippen molar-refractivity contribution >= 4 is 49.3 Å². The summed E-state index contributed by atoms with van der Waals surface area (Å²) in [6, 6.07) is 22.5. The fourth-order valence-electron chi connectivity index (χ4n) is 3.65. The fraction of sp³-hybridized carbons (Fsp3) is 0.0400. The van der Waals surface area contributed by atoms with Gasteiger partial charge in [-0.1, -0.05) is 57.9 Å². The molecule has 2 aromatic heterocycles. The van der Waals surface area contributed by atoms with Gasteiger partial charge in [-0.25, -0.2) is 4.98 Å². The summed E-state index contributed by atoms with van der Waals surface area (Å²) in [5, 5.41) is 19.6. The minimum Gasteiger partial charge on any atom is -0.493 e. The number of aromatic nitrogens is 2. The quantitative estimate of drug-likeness (QED) is 0.268. The van der Waals surface area contributed by atoms with Crippen LogP contribution >= 0.6 is 15.9 Å². The van der Waals surface area contributed by atoms with Crippen molar-refractivity contribution in [3.63, 3.8) is 0 Å². The Labute approximate surface area is 191 Å². The van der Waals surface area contributed by atoms with E-state index < -0.39 is 5.91 Å². The molecule has 0 aliphatic carbocycles. The number of aromatic amines is 1. The number of fused-ring (bicyclic) bond motifs is 2. The van der Waals surface area contributed by atoms with Gasteiger partial charge in [0.25, 0.3) is 5.91 Å². The lowest BCUT2D eigenvalue weighted by Gasteiger charge is -2.08. The predicted octanol–water partition coefficient (Wildman–Crippen LogP) is 7.08. The zero-order valence-electron chi connectivity index (χ0n) is 17.0. The normalized spacial score (nSPS) is 11.6. The maximum absolute atomic E-state index is 13.2. The van der Waals surface area contributed by atoms with Crippen molar-refractivity contribution in [1.29, 1.82) is 0 Å². The summed E-state index contributed by atoms with van der Waals surface area (Å²) in [5.41, 5.74) is 4.61. The van der Waals surface area contributed by atoms with E-state index >= 15 is 0 Å². The van der Waals surface area contributed by atoms with Crippen molar-refractivity contribution in [3.8, 4) is 17.1 Å². The number of pyridine rings is 1. The number of aryl methyl sites for hydroxylation is 1. The Morgan fingerprint density at radius 3 is 2.59 bits per heavy atom. The fourth-order valence-corrected chi connectivity index (χ4v) is 3.91. The molecule has 5 rings (SSSR count). The molecule has 1 amide bonds. The molecule has 0 aliphatic heterocycles. The highest BCUT2D eigenvalue weighted by Crippen LogP contribution is 2.35. The van der Waals surface area contributed by atoms with Crippen LogP contribution in [0.25, 0.3) is 33.1 Å². The highest BCUT2D eigenvalue weighted by molar-refractivity contribution is 9.10. The van der Waals surface area contributed by atoms with Crippen LogP contribution in [0.3, 0.4) is 0 Å². The Kier molecular flexibility index (Phi) is 5.03. The summed E-state index contributed by atoms with van der Waals surface area (Å²) in [6.45, 7) is 1.96. The number of hydrogen-bond donors (Lipinski definition) is 2. The summed E-state index contributed by atoms with van der Waals surface area (Å²) in [7, 11) is 0. The van der Waals surface area contributed by atoms with Crippen molar-refractivity contribution in [2.75, 3.05) is 0 Å². The molecule has 7 heteroatoms. The lowest BCUT2D eigenvalue weighted by atomic mass is 10.0. The maximum Gasteiger partial charge on any atom is 0.296 e. The van der Waals surface area contributed by atoms with E-state index in [0.29, 0.717) is 33.1 Å². The smallest absolute Gasteiger partial charge is 0.296 e.